The van der Waals surface area contributed by atoms with Crippen LogP contribution >= 0.6 is 0 Å². The maximum absolute atomic E-state index is 12.2. The average molecular weight is 331 g/mol. The van der Waals surface area contributed by atoms with E-state index in [1.54, 1.807) is 26.0 Å². The molecule has 1 aliphatic carbocycles. The maximum Gasteiger partial charge on any atom is 0.236 e. The van der Waals surface area contributed by atoms with E-state index in [1.807, 2.05) is 6.92 Å². The molecule has 0 spiro atoms. The third-order valence-corrected chi connectivity index (χ3v) is 4.57. The lowest BCUT2D eigenvalue weighted by Crippen LogP contribution is -2.41. The van der Waals surface area contributed by atoms with Gasteiger partial charge in [0.1, 0.15) is 0 Å². The van der Waals surface area contributed by atoms with E-state index in [0.717, 1.165) is 12.0 Å². The first-order valence-electron chi connectivity index (χ1n) is 8.66. The molecule has 1 aromatic rings. The summed E-state index contributed by atoms with van der Waals surface area (Å²) in [5.41, 5.74) is 4.02. The highest BCUT2D eigenvalue weighted by Gasteiger charge is 2.16. The van der Waals surface area contributed by atoms with Gasteiger partial charge >= 0.3 is 0 Å². The van der Waals surface area contributed by atoms with E-state index in [1.165, 1.54) is 35.3 Å². The minimum absolute atomic E-state index is 0.00645. The summed E-state index contributed by atoms with van der Waals surface area (Å²) in [5, 5.41) is 3.03. The molecular formula is C19H29N3O2. The summed E-state index contributed by atoms with van der Waals surface area (Å²) in [6.07, 6.45) is 4.83. The zero-order valence-corrected chi connectivity index (χ0v) is 15.3. The van der Waals surface area contributed by atoms with E-state index >= 15 is 0 Å². The molecule has 0 bridgehead atoms. The van der Waals surface area contributed by atoms with Gasteiger partial charge in [0, 0.05) is 14.1 Å². The van der Waals surface area contributed by atoms with Crippen molar-refractivity contribution < 1.29 is 9.59 Å². The summed E-state index contributed by atoms with van der Waals surface area (Å²) in [6.45, 7) is 2.47. The summed E-state index contributed by atoms with van der Waals surface area (Å²) < 4.78 is 0. The number of hydrogen-bond acceptors (Lipinski definition) is 3. The molecule has 1 aliphatic rings. The molecule has 2 rings (SSSR count). The molecule has 5 heteroatoms. The second kappa shape index (κ2) is 8.29. The highest BCUT2D eigenvalue weighted by molar-refractivity contribution is 5.81. The Bertz CT molecular complexity index is 598. The standard InChI is InChI=1S/C19H29N3O2/c1-14(16-10-9-15-7-5-6-8-17(15)11-16)20-18(23)12-22(4)13-19(24)21(2)3/h9-11,14H,5-8,12-13H2,1-4H3,(H,20,23)/t14-/m1/s1. The molecule has 24 heavy (non-hydrogen) atoms. The van der Waals surface area contributed by atoms with E-state index in [-0.39, 0.29) is 30.9 Å². The number of fused-ring (bicyclic) bond motifs is 1. The van der Waals surface area contributed by atoms with Crippen molar-refractivity contribution in [3.63, 3.8) is 0 Å². The van der Waals surface area contributed by atoms with Crippen molar-refractivity contribution in [2.45, 2.75) is 38.6 Å². The number of nitrogens with zero attached hydrogens (tertiary/aromatic N) is 2. The predicted octanol–water partition coefficient (Wildman–Crippen LogP) is 1.76. The van der Waals surface area contributed by atoms with Crippen LogP contribution in [-0.4, -0.2) is 55.8 Å². The zero-order chi connectivity index (χ0) is 17.7. The van der Waals surface area contributed by atoms with Crippen LogP contribution in [0.4, 0.5) is 0 Å². The van der Waals surface area contributed by atoms with Crippen molar-refractivity contribution in [3.8, 4) is 0 Å². The molecule has 5 nitrogen and oxygen atoms in total. The summed E-state index contributed by atoms with van der Waals surface area (Å²) in [5.74, 6) is -0.0673. The molecule has 0 aliphatic heterocycles. The van der Waals surface area contributed by atoms with Gasteiger partial charge in [0.2, 0.25) is 11.8 Å². The Morgan fingerprint density at radius 3 is 2.42 bits per heavy atom. The summed E-state index contributed by atoms with van der Waals surface area (Å²) in [4.78, 5) is 27.1. The van der Waals surface area contributed by atoms with E-state index in [9.17, 15) is 9.59 Å². The van der Waals surface area contributed by atoms with Crippen molar-refractivity contribution in [1.82, 2.24) is 15.1 Å². The fraction of sp³-hybridized carbons (Fsp3) is 0.579. The second-order valence-corrected chi connectivity index (χ2v) is 6.98. The first-order valence-corrected chi connectivity index (χ1v) is 8.66. The summed E-state index contributed by atoms with van der Waals surface area (Å²) in [6, 6.07) is 6.53. The fourth-order valence-corrected chi connectivity index (χ4v) is 3.07. The molecule has 1 N–H and O–H groups in total. The van der Waals surface area contributed by atoms with E-state index < -0.39 is 0 Å². The van der Waals surface area contributed by atoms with Crippen LogP contribution in [0.2, 0.25) is 0 Å². The van der Waals surface area contributed by atoms with Crippen molar-refractivity contribution in [3.05, 3.63) is 34.9 Å². The van der Waals surface area contributed by atoms with Gasteiger partial charge in [-0.3, -0.25) is 14.5 Å². The van der Waals surface area contributed by atoms with Crippen LogP contribution in [0.3, 0.4) is 0 Å². The van der Waals surface area contributed by atoms with Gasteiger partial charge in [0.15, 0.2) is 0 Å². The number of nitrogens with one attached hydrogen (secondary N) is 1. The largest absolute Gasteiger partial charge is 0.348 e. The van der Waals surface area contributed by atoms with E-state index in [4.69, 9.17) is 0 Å². The Morgan fingerprint density at radius 2 is 1.75 bits per heavy atom. The van der Waals surface area contributed by atoms with Crippen LogP contribution in [0.25, 0.3) is 0 Å². The molecular weight excluding hydrogens is 302 g/mol. The van der Waals surface area contributed by atoms with Crippen LogP contribution in [-0.2, 0) is 22.4 Å². The Hall–Kier alpha value is -1.88. The molecule has 0 saturated heterocycles. The Labute approximate surface area is 145 Å². The lowest BCUT2D eigenvalue weighted by Gasteiger charge is -2.22. The van der Waals surface area contributed by atoms with Gasteiger partial charge < -0.3 is 10.2 Å². The first kappa shape index (κ1) is 18.5. The van der Waals surface area contributed by atoms with Gasteiger partial charge in [0.05, 0.1) is 19.1 Å². The Balaban J connectivity index is 1.88. The lowest BCUT2D eigenvalue weighted by molar-refractivity contribution is -0.130. The van der Waals surface area contributed by atoms with Crippen LogP contribution in [0.5, 0.6) is 0 Å². The molecule has 132 valence electrons. The van der Waals surface area contributed by atoms with Gasteiger partial charge in [-0.1, -0.05) is 18.2 Å². The van der Waals surface area contributed by atoms with Crippen LogP contribution in [0.15, 0.2) is 18.2 Å². The quantitative estimate of drug-likeness (QED) is 0.864. The number of rotatable bonds is 6. The Morgan fingerprint density at radius 1 is 1.08 bits per heavy atom. The molecule has 1 atom stereocenters. The predicted molar refractivity (Wildman–Crippen MR) is 95.8 cm³/mol. The molecule has 1 aromatic carbocycles. The molecule has 0 unspecified atom stereocenters. The van der Waals surface area contributed by atoms with E-state index in [2.05, 4.69) is 23.5 Å². The van der Waals surface area contributed by atoms with Crippen LogP contribution in [0.1, 0.15) is 42.5 Å². The van der Waals surface area contributed by atoms with Crippen molar-refractivity contribution >= 4 is 11.8 Å². The minimum atomic E-state index is -0.0609. The number of carbonyl (C=O) groups excluding carboxylic acids is 2. The van der Waals surface area contributed by atoms with Crippen LogP contribution < -0.4 is 5.32 Å². The van der Waals surface area contributed by atoms with Crippen molar-refractivity contribution in [1.29, 1.82) is 0 Å². The SMILES string of the molecule is C[C@@H](NC(=O)CN(C)CC(=O)N(C)C)c1ccc2c(c1)CCCC2. The molecule has 0 saturated carbocycles. The number of carbonyl (C=O) groups is 2. The van der Waals surface area contributed by atoms with Gasteiger partial charge in [-0.25, -0.2) is 0 Å². The first-order chi connectivity index (χ1) is 11.4. The molecule has 0 aromatic heterocycles. The molecule has 0 radical (unpaired) electrons. The highest BCUT2D eigenvalue weighted by Crippen LogP contribution is 2.24. The smallest absolute Gasteiger partial charge is 0.236 e. The Kier molecular flexibility index (Phi) is 6.37. The van der Waals surface area contributed by atoms with Crippen LogP contribution in [0, 0.1) is 0 Å². The highest BCUT2D eigenvalue weighted by atomic mass is 16.2. The molecule has 0 fully saturated rings. The minimum Gasteiger partial charge on any atom is -0.348 e. The molecule has 0 heterocycles. The topological polar surface area (TPSA) is 52.7 Å². The van der Waals surface area contributed by atoms with Crippen molar-refractivity contribution in [2.75, 3.05) is 34.2 Å². The normalized spacial score (nSPS) is 14.9. The van der Waals surface area contributed by atoms with Crippen molar-refractivity contribution in [2.24, 2.45) is 0 Å². The number of likely N-dealkylation sites (N-methyl/N-ethyl adjacent to an activating group) is 2. The third kappa shape index (κ3) is 5.06. The van der Waals surface area contributed by atoms with E-state index in [0.29, 0.717) is 0 Å². The number of amides is 2. The van der Waals surface area contributed by atoms with Gasteiger partial charge in [0.25, 0.3) is 0 Å². The lowest BCUT2D eigenvalue weighted by atomic mass is 9.89. The van der Waals surface area contributed by atoms with Gasteiger partial charge in [-0.15, -0.1) is 0 Å². The summed E-state index contributed by atoms with van der Waals surface area (Å²) in [7, 11) is 5.22. The molecule has 2 amide bonds. The third-order valence-electron chi connectivity index (χ3n) is 4.57. The second-order valence-electron chi connectivity index (χ2n) is 6.98. The maximum atomic E-state index is 12.2. The average Bonchev–Trinajstić information content (AvgIpc) is 2.53. The number of benzene rings is 1. The number of aryl methyl sites for hydroxylation is 2. The number of hydrogen-bond donors (Lipinski definition) is 1. The van der Waals surface area contributed by atoms with Gasteiger partial charge in [-0.2, -0.15) is 0 Å². The summed E-state index contributed by atoms with van der Waals surface area (Å²) >= 11 is 0. The van der Waals surface area contributed by atoms with Gasteiger partial charge in [-0.05, 0) is 56.3 Å². The fourth-order valence-electron chi connectivity index (χ4n) is 3.07. The zero-order valence-electron chi connectivity index (χ0n) is 15.3. The monoisotopic (exact) mass is 331 g/mol.